The molecule has 2 nitrogen and oxygen atoms in total. The molecule has 0 spiro atoms. The van der Waals surface area contributed by atoms with Crippen molar-refractivity contribution in [1.82, 2.24) is 4.90 Å². The second kappa shape index (κ2) is 7.09. The molecule has 0 aliphatic carbocycles. The molecule has 19 heavy (non-hydrogen) atoms. The van der Waals surface area contributed by atoms with Crippen LogP contribution in [0.5, 0.6) is 0 Å². The summed E-state index contributed by atoms with van der Waals surface area (Å²) in [6.07, 6.45) is 1.88. The summed E-state index contributed by atoms with van der Waals surface area (Å²) in [5, 5.41) is 10.8. The maximum absolute atomic E-state index is 8.71. The number of piperidine rings is 1. The van der Waals surface area contributed by atoms with E-state index in [-0.39, 0.29) is 6.61 Å². The number of thiophene rings is 1. The molecule has 0 radical (unpaired) electrons. The number of aliphatic hydroxyl groups is 1. The first-order valence-corrected chi connectivity index (χ1v) is 7.96. The first kappa shape index (κ1) is 14.6. The van der Waals surface area contributed by atoms with Crippen molar-refractivity contribution in [3.05, 3.63) is 21.9 Å². The molecule has 1 N–H and O–H groups in total. The molecule has 1 fully saturated rings. The van der Waals surface area contributed by atoms with Gasteiger partial charge >= 0.3 is 0 Å². The molecular weight excluding hydrogens is 254 g/mol. The third kappa shape index (κ3) is 4.35. The van der Waals surface area contributed by atoms with Crippen LogP contribution in [0.1, 0.15) is 37.1 Å². The Labute approximate surface area is 120 Å². The molecule has 3 heteroatoms. The van der Waals surface area contributed by atoms with Crippen molar-refractivity contribution >= 4 is 11.3 Å². The topological polar surface area (TPSA) is 23.5 Å². The van der Waals surface area contributed by atoms with E-state index in [0.717, 1.165) is 23.9 Å². The number of rotatable bonds is 3. The minimum atomic E-state index is 0.147. The first-order valence-electron chi connectivity index (χ1n) is 7.08. The number of likely N-dealkylation sites (tertiary alicyclic amines) is 1. The van der Waals surface area contributed by atoms with Crippen LogP contribution in [-0.2, 0) is 6.54 Å². The van der Waals surface area contributed by atoms with E-state index in [1.54, 1.807) is 11.3 Å². The van der Waals surface area contributed by atoms with E-state index in [1.165, 1.54) is 24.4 Å². The monoisotopic (exact) mass is 277 g/mol. The molecule has 1 aliphatic heterocycles. The highest BCUT2D eigenvalue weighted by atomic mass is 32.1. The van der Waals surface area contributed by atoms with E-state index in [1.807, 2.05) is 0 Å². The van der Waals surface area contributed by atoms with Gasteiger partial charge in [-0.05, 0) is 30.9 Å². The molecule has 2 rings (SSSR count). The fourth-order valence-corrected chi connectivity index (χ4v) is 3.32. The largest absolute Gasteiger partial charge is 0.395 e. The maximum Gasteiger partial charge on any atom is 0.0540 e. The molecule has 104 valence electrons. The lowest BCUT2D eigenvalue weighted by Crippen LogP contribution is -2.37. The normalized spacial score (nSPS) is 23.9. The van der Waals surface area contributed by atoms with Gasteiger partial charge in [-0.25, -0.2) is 0 Å². The summed E-state index contributed by atoms with van der Waals surface area (Å²) in [6, 6.07) is 2.19. The molecule has 1 aliphatic rings. The number of hydrogen-bond acceptors (Lipinski definition) is 3. The number of nitrogens with zero attached hydrogens (tertiary/aromatic N) is 1. The molecule has 2 unspecified atom stereocenters. The van der Waals surface area contributed by atoms with E-state index < -0.39 is 0 Å². The van der Waals surface area contributed by atoms with Crippen molar-refractivity contribution in [3.63, 3.8) is 0 Å². The van der Waals surface area contributed by atoms with Crippen molar-refractivity contribution < 1.29 is 5.11 Å². The Balaban J connectivity index is 1.88. The Bertz CT molecular complexity index is 457. The van der Waals surface area contributed by atoms with Crippen LogP contribution < -0.4 is 0 Å². The van der Waals surface area contributed by atoms with Crippen LogP contribution >= 0.6 is 11.3 Å². The van der Waals surface area contributed by atoms with E-state index in [4.69, 9.17) is 5.11 Å². The Kier molecular flexibility index (Phi) is 5.45. The van der Waals surface area contributed by atoms with Crippen LogP contribution in [0.2, 0.25) is 0 Å². The van der Waals surface area contributed by atoms with E-state index >= 15 is 0 Å². The highest BCUT2D eigenvalue weighted by Crippen LogP contribution is 2.25. The third-order valence-electron chi connectivity index (χ3n) is 3.92. The maximum atomic E-state index is 8.71. The lowest BCUT2D eigenvalue weighted by Gasteiger charge is -2.34. The van der Waals surface area contributed by atoms with E-state index in [9.17, 15) is 0 Å². The average molecular weight is 277 g/mol. The van der Waals surface area contributed by atoms with Gasteiger partial charge in [0.1, 0.15) is 0 Å². The van der Waals surface area contributed by atoms with Gasteiger partial charge in [0.05, 0.1) is 6.61 Å². The standard InChI is InChI=1S/C16H23NOS/c1-13-6-7-17(10-14(13)2)11-16-9-15(12-19-16)5-3-4-8-18/h9,12-14,18H,4,6-8,10-11H2,1-2H3. The molecule has 1 saturated heterocycles. The van der Waals surface area contributed by atoms with Crippen molar-refractivity contribution in [2.45, 2.75) is 33.2 Å². The summed E-state index contributed by atoms with van der Waals surface area (Å²) in [7, 11) is 0. The second-order valence-corrected chi connectivity index (χ2v) is 6.55. The molecular formula is C16H23NOS. The third-order valence-corrected chi connectivity index (χ3v) is 4.84. The van der Waals surface area contributed by atoms with Crippen LogP contribution in [0, 0.1) is 23.7 Å². The predicted octanol–water partition coefficient (Wildman–Crippen LogP) is 2.96. The van der Waals surface area contributed by atoms with E-state index in [2.05, 4.69) is 42.0 Å². The highest BCUT2D eigenvalue weighted by molar-refractivity contribution is 7.10. The van der Waals surface area contributed by atoms with Crippen molar-refractivity contribution in [1.29, 1.82) is 0 Å². The van der Waals surface area contributed by atoms with E-state index in [0.29, 0.717) is 6.42 Å². The number of hydrogen-bond donors (Lipinski definition) is 1. The molecule has 0 amide bonds. The van der Waals surface area contributed by atoms with Gasteiger partial charge in [-0.3, -0.25) is 4.90 Å². The van der Waals surface area contributed by atoms with Gasteiger partial charge < -0.3 is 5.11 Å². The summed E-state index contributed by atoms with van der Waals surface area (Å²) in [5.41, 5.74) is 1.09. The molecule has 0 bridgehead atoms. The minimum Gasteiger partial charge on any atom is -0.395 e. The summed E-state index contributed by atoms with van der Waals surface area (Å²) < 4.78 is 0. The van der Waals surface area contributed by atoms with Gasteiger partial charge in [-0.1, -0.05) is 25.7 Å². The first-order chi connectivity index (χ1) is 9.19. The second-order valence-electron chi connectivity index (χ2n) is 5.56. The summed E-state index contributed by atoms with van der Waals surface area (Å²) in [5.74, 6) is 7.74. The highest BCUT2D eigenvalue weighted by Gasteiger charge is 2.22. The Morgan fingerprint density at radius 3 is 3.00 bits per heavy atom. The van der Waals surface area contributed by atoms with Gasteiger partial charge in [0.15, 0.2) is 0 Å². The van der Waals surface area contributed by atoms with Crippen LogP contribution in [0.3, 0.4) is 0 Å². The smallest absolute Gasteiger partial charge is 0.0540 e. The summed E-state index contributed by atoms with van der Waals surface area (Å²) in [6.45, 7) is 8.36. The predicted molar refractivity (Wildman–Crippen MR) is 81.1 cm³/mol. The number of aliphatic hydroxyl groups excluding tert-OH is 1. The molecule has 2 atom stereocenters. The van der Waals surface area contributed by atoms with Crippen molar-refractivity contribution in [3.8, 4) is 11.8 Å². The Morgan fingerprint density at radius 1 is 1.42 bits per heavy atom. The molecule has 1 aromatic rings. The lowest BCUT2D eigenvalue weighted by atomic mass is 9.89. The zero-order chi connectivity index (χ0) is 13.7. The van der Waals surface area contributed by atoms with Crippen LogP contribution in [0.15, 0.2) is 11.4 Å². The minimum absolute atomic E-state index is 0.147. The van der Waals surface area contributed by atoms with Crippen molar-refractivity contribution in [2.24, 2.45) is 11.8 Å². The molecule has 0 aromatic carbocycles. The zero-order valence-electron chi connectivity index (χ0n) is 11.9. The zero-order valence-corrected chi connectivity index (χ0v) is 12.7. The quantitative estimate of drug-likeness (QED) is 0.859. The molecule has 2 heterocycles. The summed E-state index contributed by atoms with van der Waals surface area (Å²) in [4.78, 5) is 3.96. The lowest BCUT2D eigenvalue weighted by molar-refractivity contribution is 0.133. The van der Waals surface area contributed by atoms with Gasteiger partial charge in [-0.2, -0.15) is 0 Å². The fraction of sp³-hybridized carbons (Fsp3) is 0.625. The molecule has 1 aromatic heterocycles. The van der Waals surface area contributed by atoms with Gasteiger partial charge in [0.2, 0.25) is 0 Å². The summed E-state index contributed by atoms with van der Waals surface area (Å²) >= 11 is 1.80. The van der Waals surface area contributed by atoms with Crippen molar-refractivity contribution in [2.75, 3.05) is 19.7 Å². The van der Waals surface area contributed by atoms with Crippen LogP contribution in [-0.4, -0.2) is 29.7 Å². The van der Waals surface area contributed by atoms with Gasteiger partial charge in [0, 0.05) is 35.3 Å². The van der Waals surface area contributed by atoms with Gasteiger partial charge in [0.25, 0.3) is 0 Å². The Morgan fingerprint density at radius 2 is 2.26 bits per heavy atom. The van der Waals surface area contributed by atoms with Gasteiger partial charge in [-0.15, -0.1) is 11.3 Å². The van der Waals surface area contributed by atoms with Crippen LogP contribution in [0.25, 0.3) is 0 Å². The molecule has 0 saturated carbocycles. The fourth-order valence-electron chi connectivity index (χ4n) is 2.46. The van der Waals surface area contributed by atoms with Crippen LogP contribution in [0.4, 0.5) is 0 Å². The average Bonchev–Trinajstić information content (AvgIpc) is 2.82. The SMILES string of the molecule is CC1CCN(Cc2cc(C#CCCO)cs2)CC1C. The Hall–Kier alpha value is -0.820.